The molecule has 182 valence electrons. The Morgan fingerprint density at radius 3 is 2.38 bits per heavy atom. The first-order valence-electron chi connectivity index (χ1n) is 13.1. The Labute approximate surface area is 201 Å². The van der Waals surface area contributed by atoms with Gasteiger partial charge in [-0.3, -0.25) is 0 Å². The molecule has 32 heavy (non-hydrogen) atoms. The van der Waals surface area contributed by atoms with Gasteiger partial charge in [0.1, 0.15) is 14.9 Å². The van der Waals surface area contributed by atoms with E-state index in [1.807, 2.05) is 0 Å². The summed E-state index contributed by atoms with van der Waals surface area (Å²) in [6, 6.07) is 1.21. The Kier molecular flexibility index (Phi) is 7.68. The van der Waals surface area contributed by atoms with Crippen molar-refractivity contribution >= 4 is 16.1 Å². The van der Waals surface area contributed by atoms with Crippen molar-refractivity contribution in [2.75, 3.05) is 13.4 Å². The van der Waals surface area contributed by atoms with Crippen molar-refractivity contribution in [1.29, 1.82) is 0 Å². The molecule has 2 saturated carbocycles. The summed E-state index contributed by atoms with van der Waals surface area (Å²) in [5.41, 5.74) is 6.05. The standard InChI is InChI=1S/C28H50O2Si2/c1-26(2)23-13-17-28(18-20-31(4,5)6)15-11-10-12-24(28)27(23,3)16-14-25(26)30-22-29-19-21-32(7,8)9/h12,23,25H,10-11,13-17,19,21-22H2,1-9H3/t23-,25+,27-,28+/m0/s1. The number of ether oxygens (including phenoxy) is 2. The highest BCUT2D eigenvalue weighted by atomic mass is 28.3. The van der Waals surface area contributed by atoms with E-state index in [0.29, 0.717) is 12.7 Å². The van der Waals surface area contributed by atoms with Gasteiger partial charge in [0.05, 0.1) is 11.5 Å². The van der Waals surface area contributed by atoms with Gasteiger partial charge < -0.3 is 9.47 Å². The van der Waals surface area contributed by atoms with E-state index in [2.05, 4.69) is 77.6 Å². The summed E-state index contributed by atoms with van der Waals surface area (Å²) >= 11 is 0. The molecule has 4 heteroatoms. The average Bonchev–Trinajstić information content (AvgIpc) is 2.66. The van der Waals surface area contributed by atoms with Gasteiger partial charge in [0.15, 0.2) is 0 Å². The van der Waals surface area contributed by atoms with Gasteiger partial charge >= 0.3 is 0 Å². The summed E-state index contributed by atoms with van der Waals surface area (Å²) < 4.78 is 12.3. The maximum atomic E-state index is 6.41. The monoisotopic (exact) mass is 474 g/mol. The molecule has 0 heterocycles. The first kappa shape index (κ1) is 26.3. The summed E-state index contributed by atoms with van der Waals surface area (Å²) in [4.78, 5) is 0. The van der Waals surface area contributed by atoms with Crippen LogP contribution in [0.1, 0.15) is 65.7 Å². The van der Waals surface area contributed by atoms with Crippen LogP contribution < -0.4 is 0 Å². The van der Waals surface area contributed by atoms with E-state index in [9.17, 15) is 0 Å². The summed E-state index contributed by atoms with van der Waals surface area (Å²) in [5, 5.41) is 0. The minimum absolute atomic E-state index is 0.146. The first-order chi connectivity index (χ1) is 14.7. The molecule has 0 N–H and O–H groups in total. The van der Waals surface area contributed by atoms with E-state index in [4.69, 9.17) is 9.47 Å². The molecule has 3 rings (SSSR count). The first-order valence-corrected chi connectivity index (χ1v) is 20.4. The van der Waals surface area contributed by atoms with Crippen molar-refractivity contribution in [2.45, 2.75) is 117 Å². The maximum Gasteiger partial charge on any atom is 0.147 e. The third-order valence-electron chi connectivity index (χ3n) is 8.60. The molecule has 3 aliphatic rings. The highest BCUT2D eigenvalue weighted by Gasteiger charge is 2.59. The van der Waals surface area contributed by atoms with Gasteiger partial charge in [-0.05, 0) is 73.3 Å². The average molecular weight is 475 g/mol. The molecule has 0 unspecified atom stereocenters. The third-order valence-corrected chi connectivity index (χ3v) is 11.2. The molecule has 0 spiro atoms. The summed E-state index contributed by atoms with van der Waals surface area (Å²) in [7, 11) is -2.43. The molecular weight excluding hydrogens is 424 g/mol. The normalized spacial score (nSPS) is 34.6. The third kappa shape index (κ3) is 5.65. The molecule has 0 radical (unpaired) electrons. The zero-order valence-corrected chi connectivity index (χ0v) is 24.6. The number of allylic oxidation sites excluding steroid dienone is 2. The van der Waals surface area contributed by atoms with E-state index < -0.39 is 16.1 Å². The van der Waals surface area contributed by atoms with Crippen molar-refractivity contribution in [3.8, 4) is 11.5 Å². The topological polar surface area (TPSA) is 18.5 Å². The van der Waals surface area contributed by atoms with Crippen LogP contribution in [0.3, 0.4) is 0 Å². The number of rotatable bonds is 6. The van der Waals surface area contributed by atoms with Crippen LogP contribution in [0.25, 0.3) is 0 Å². The molecule has 0 saturated heterocycles. The second kappa shape index (κ2) is 9.36. The molecular formula is C28H50O2Si2. The van der Waals surface area contributed by atoms with Crippen LogP contribution in [0.5, 0.6) is 0 Å². The lowest BCUT2D eigenvalue weighted by Gasteiger charge is -2.61. The fourth-order valence-corrected chi connectivity index (χ4v) is 8.18. The van der Waals surface area contributed by atoms with Crippen molar-refractivity contribution in [3.05, 3.63) is 11.6 Å². The fraction of sp³-hybridized carbons (Fsp3) is 0.857. The molecule has 0 aliphatic heterocycles. The second-order valence-electron chi connectivity index (χ2n) is 14.0. The maximum absolute atomic E-state index is 6.41. The van der Waals surface area contributed by atoms with Gasteiger partial charge in [0.25, 0.3) is 0 Å². The lowest BCUT2D eigenvalue weighted by molar-refractivity contribution is -0.175. The molecule has 4 atom stereocenters. The Morgan fingerprint density at radius 1 is 1.00 bits per heavy atom. The Bertz CT molecular complexity index is 761. The fourth-order valence-electron chi connectivity index (χ4n) is 6.81. The van der Waals surface area contributed by atoms with Crippen molar-refractivity contribution < 1.29 is 9.47 Å². The molecule has 0 aromatic heterocycles. The Balaban J connectivity index is 1.75. The molecule has 2 nitrogen and oxygen atoms in total. The Hall–Kier alpha value is -0.346. The highest BCUT2D eigenvalue weighted by molar-refractivity contribution is 6.83. The summed E-state index contributed by atoms with van der Waals surface area (Å²) in [5.74, 6) is 4.58. The SMILES string of the molecule is CC1(C)[C@H](OCOCC[Si](C)(C)C)CC[C@]2(C)C3=CCCC[C@]3(C#C[Si](C)(C)C)CC[C@@H]12. The molecule has 0 bridgehead atoms. The zero-order valence-electron chi connectivity index (χ0n) is 22.6. The van der Waals surface area contributed by atoms with Gasteiger partial charge in [-0.1, -0.05) is 72.0 Å². The molecule has 3 aliphatic carbocycles. The lowest BCUT2D eigenvalue weighted by Crippen LogP contribution is -2.56. The quantitative estimate of drug-likeness (QED) is 0.128. The molecule has 0 amide bonds. The van der Waals surface area contributed by atoms with Crippen LogP contribution in [0.4, 0.5) is 0 Å². The smallest absolute Gasteiger partial charge is 0.147 e. The zero-order chi connectivity index (χ0) is 23.8. The predicted octanol–water partition coefficient (Wildman–Crippen LogP) is 7.90. The minimum atomic E-state index is -1.38. The van der Waals surface area contributed by atoms with E-state index in [0.717, 1.165) is 13.0 Å². The second-order valence-corrected chi connectivity index (χ2v) is 24.3. The van der Waals surface area contributed by atoms with Crippen LogP contribution in [0.15, 0.2) is 11.6 Å². The Morgan fingerprint density at radius 2 is 1.72 bits per heavy atom. The van der Waals surface area contributed by atoms with Crippen LogP contribution in [-0.4, -0.2) is 35.7 Å². The summed E-state index contributed by atoms with van der Waals surface area (Å²) in [6.45, 7) is 23.2. The van der Waals surface area contributed by atoms with Crippen molar-refractivity contribution in [2.24, 2.45) is 22.2 Å². The van der Waals surface area contributed by atoms with Crippen molar-refractivity contribution in [3.63, 3.8) is 0 Å². The predicted molar refractivity (Wildman–Crippen MR) is 143 cm³/mol. The van der Waals surface area contributed by atoms with Gasteiger partial charge in [0, 0.05) is 14.7 Å². The van der Waals surface area contributed by atoms with Gasteiger partial charge in [-0.25, -0.2) is 0 Å². The van der Waals surface area contributed by atoms with Crippen molar-refractivity contribution in [1.82, 2.24) is 0 Å². The van der Waals surface area contributed by atoms with E-state index in [-0.39, 0.29) is 22.3 Å². The van der Waals surface area contributed by atoms with Gasteiger partial charge in [-0.2, -0.15) is 0 Å². The van der Waals surface area contributed by atoms with Crippen LogP contribution in [-0.2, 0) is 9.47 Å². The van der Waals surface area contributed by atoms with E-state index >= 15 is 0 Å². The largest absolute Gasteiger partial charge is 0.356 e. The summed E-state index contributed by atoms with van der Waals surface area (Å²) in [6.07, 6.45) is 11.6. The number of fused-ring (bicyclic) bond motifs is 3. The lowest BCUT2D eigenvalue weighted by atomic mass is 9.43. The van der Waals surface area contributed by atoms with E-state index in [1.165, 1.54) is 44.6 Å². The molecule has 0 aromatic rings. The van der Waals surface area contributed by atoms with Gasteiger partial charge in [0.2, 0.25) is 0 Å². The van der Waals surface area contributed by atoms with Crippen LogP contribution in [0, 0.1) is 33.6 Å². The number of hydrogen-bond acceptors (Lipinski definition) is 2. The number of hydrogen-bond donors (Lipinski definition) is 0. The van der Waals surface area contributed by atoms with Crippen LogP contribution in [0.2, 0.25) is 45.3 Å². The van der Waals surface area contributed by atoms with Gasteiger partial charge in [-0.15, -0.1) is 5.54 Å². The minimum Gasteiger partial charge on any atom is -0.356 e. The van der Waals surface area contributed by atoms with E-state index in [1.54, 1.807) is 5.57 Å². The highest BCUT2D eigenvalue weighted by Crippen LogP contribution is 2.66. The molecule has 0 aromatic carbocycles. The molecule has 2 fully saturated rings. The van der Waals surface area contributed by atoms with Crippen LogP contribution >= 0.6 is 0 Å².